The largest absolute Gasteiger partial charge is 0.311 e. The van der Waals surface area contributed by atoms with Gasteiger partial charge < -0.3 is 5.32 Å². The molecule has 3 unspecified atom stereocenters. The Kier molecular flexibility index (Phi) is 2.15. The third kappa shape index (κ3) is 1.50. The average Bonchev–Trinajstić information content (AvgIpc) is 2.85. The second kappa shape index (κ2) is 2.95. The van der Waals surface area contributed by atoms with Gasteiger partial charge in [0.25, 0.3) is 0 Å². The van der Waals surface area contributed by atoms with Crippen LogP contribution in [0.25, 0.3) is 0 Å². The lowest BCUT2D eigenvalue weighted by Gasteiger charge is -2.33. The van der Waals surface area contributed by atoms with Gasteiger partial charge in [0.2, 0.25) is 0 Å². The molecule has 0 aromatic carbocycles. The van der Waals surface area contributed by atoms with E-state index in [0.717, 1.165) is 0 Å². The molecule has 3 nitrogen and oxygen atoms in total. The molecule has 13 heavy (non-hydrogen) atoms. The van der Waals surface area contributed by atoms with Crippen LogP contribution in [0.2, 0.25) is 0 Å². The number of sulfone groups is 1. The summed E-state index contributed by atoms with van der Waals surface area (Å²) in [7, 11) is -2.86. The maximum absolute atomic E-state index is 11.8. The predicted octanol–water partition coefficient (Wildman–Crippen LogP) is 0.560. The van der Waals surface area contributed by atoms with Crippen LogP contribution in [0.5, 0.6) is 0 Å². The lowest BCUT2D eigenvalue weighted by molar-refractivity contribution is 0.413. The third-order valence-corrected chi connectivity index (χ3v) is 5.97. The van der Waals surface area contributed by atoms with Crippen molar-refractivity contribution < 1.29 is 8.42 Å². The molecule has 0 bridgehead atoms. The van der Waals surface area contributed by atoms with Gasteiger partial charge in [0, 0.05) is 12.6 Å². The van der Waals surface area contributed by atoms with Gasteiger partial charge >= 0.3 is 0 Å². The first-order chi connectivity index (χ1) is 6.03. The molecule has 76 valence electrons. The van der Waals surface area contributed by atoms with Crippen LogP contribution in [0.15, 0.2) is 0 Å². The summed E-state index contributed by atoms with van der Waals surface area (Å²) in [6, 6.07) is 0.223. The highest BCUT2D eigenvalue weighted by molar-refractivity contribution is 7.92. The molecular weight excluding hydrogens is 186 g/mol. The quantitative estimate of drug-likeness (QED) is 0.677. The van der Waals surface area contributed by atoms with Gasteiger partial charge in [0.05, 0.1) is 10.5 Å². The lowest BCUT2D eigenvalue weighted by Crippen LogP contribution is -2.55. The van der Waals surface area contributed by atoms with Gasteiger partial charge in [-0.25, -0.2) is 8.42 Å². The van der Waals surface area contributed by atoms with E-state index in [1.165, 1.54) is 12.8 Å². The average molecular weight is 203 g/mol. The van der Waals surface area contributed by atoms with Gasteiger partial charge in [-0.3, -0.25) is 0 Å². The summed E-state index contributed by atoms with van der Waals surface area (Å²) in [6.07, 6.45) is 2.40. The highest BCUT2D eigenvalue weighted by atomic mass is 32.2. The van der Waals surface area contributed by atoms with Crippen molar-refractivity contribution in [3.63, 3.8) is 0 Å². The first-order valence-electron chi connectivity index (χ1n) is 4.99. The molecule has 4 heteroatoms. The topological polar surface area (TPSA) is 46.2 Å². The van der Waals surface area contributed by atoms with Gasteiger partial charge in [-0.05, 0) is 32.6 Å². The van der Waals surface area contributed by atoms with Gasteiger partial charge in [-0.15, -0.1) is 0 Å². The summed E-state index contributed by atoms with van der Waals surface area (Å²) >= 11 is 0. The second-order valence-corrected chi connectivity index (χ2v) is 7.10. The molecule has 1 N–H and O–H groups in total. The molecule has 1 aliphatic heterocycles. The van der Waals surface area contributed by atoms with Gasteiger partial charge in [-0.1, -0.05) is 0 Å². The number of hydrogen-bond donors (Lipinski definition) is 1. The van der Waals surface area contributed by atoms with Crippen LogP contribution in [0.4, 0.5) is 0 Å². The standard InChI is InChI=1S/C9H17NO2S/c1-6-5-10-9(8-3-4-8)7(2)13(6,11)12/h6-10H,3-5H2,1-2H3. The SMILES string of the molecule is CC1CNC(C2CC2)C(C)S1(=O)=O. The maximum Gasteiger partial charge on any atom is 0.158 e. The Labute approximate surface area is 79.8 Å². The van der Waals surface area contributed by atoms with E-state index in [4.69, 9.17) is 0 Å². The Hall–Kier alpha value is -0.0900. The van der Waals surface area contributed by atoms with E-state index in [0.29, 0.717) is 12.5 Å². The molecule has 2 rings (SSSR count). The summed E-state index contributed by atoms with van der Waals surface area (Å²) in [6.45, 7) is 4.27. The molecule has 2 fully saturated rings. The van der Waals surface area contributed by atoms with Crippen molar-refractivity contribution in [3.05, 3.63) is 0 Å². The third-order valence-electron chi connectivity index (χ3n) is 3.36. The van der Waals surface area contributed by atoms with Gasteiger partial charge in [0.1, 0.15) is 0 Å². The molecule has 0 radical (unpaired) electrons. The molecule has 1 heterocycles. The van der Waals surface area contributed by atoms with Crippen molar-refractivity contribution in [2.75, 3.05) is 6.54 Å². The zero-order valence-electron chi connectivity index (χ0n) is 8.16. The van der Waals surface area contributed by atoms with Crippen molar-refractivity contribution >= 4 is 9.84 Å². The van der Waals surface area contributed by atoms with E-state index < -0.39 is 9.84 Å². The summed E-state index contributed by atoms with van der Waals surface area (Å²) in [5.74, 6) is 0.622. The van der Waals surface area contributed by atoms with Gasteiger partial charge in [0.15, 0.2) is 9.84 Å². The Bertz CT molecular complexity index is 295. The van der Waals surface area contributed by atoms with E-state index in [-0.39, 0.29) is 16.5 Å². The fourth-order valence-corrected chi connectivity index (χ4v) is 3.95. The summed E-state index contributed by atoms with van der Waals surface area (Å²) < 4.78 is 23.6. The van der Waals surface area contributed by atoms with Crippen LogP contribution in [-0.2, 0) is 9.84 Å². The Morgan fingerprint density at radius 2 is 1.85 bits per heavy atom. The van der Waals surface area contributed by atoms with Gasteiger partial charge in [-0.2, -0.15) is 0 Å². The van der Waals surface area contributed by atoms with Crippen LogP contribution < -0.4 is 5.32 Å². The van der Waals surface area contributed by atoms with Crippen LogP contribution in [0.3, 0.4) is 0 Å². The summed E-state index contributed by atoms with van der Waals surface area (Å²) in [5.41, 5.74) is 0. The summed E-state index contributed by atoms with van der Waals surface area (Å²) in [5, 5.41) is 2.96. The maximum atomic E-state index is 11.8. The lowest BCUT2D eigenvalue weighted by atomic mass is 10.1. The van der Waals surface area contributed by atoms with E-state index >= 15 is 0 Å². The molecule has 0 amide bonds. The van der Waals surface area contributed by atoms with Crippen molar-refractivity contribution in [2.45, 2.75) is 43.2 Å². The van der Waals surface area contributed by atoms with E-state index in [1.54, 1.807) is 6.92 Å². The molecule has 1 saturated heterocycles. The van der Waals surface area contributed by atoms with E-state index in [9.17, 15) is 8.42 Å². The Balaban J connectivity index is 2.19. The monoisotopic (exact) mass is 203 g/mol. The minimum Gasteiger partial charge on any atom is -0.311 e. The highest BCUT2D eigenvalue weighted by Crippen LogP contribution is 2.37. The Morgan fingerprint density at radius 3 is 2.38 bits per heavy atom. The van der Waals surface area contributed by atoms with Crippen LogP contribution in [0, 0.1) is 5.92 Å². The van der Waals surface area contributed by atoms with Crippen LogP contribution in [-0.4, -0.2) is 31.5 Å². The number of rotatable bonds is 1. The zero-order valence-corrected chi connectivity index (χ0v) is 8.97. The van der Waals surface area contributed by atoms with Crippen molar-refractivity contribution in [1.82, 2.24) is 5.32 Å². The predicted molar refractivity (Wildman–Crippen MR) is 52.4 cm³/mol. The molecule has 0 aromatic heterocycles. The van der Waals surface area contributed by atoms with Crippen LogP contribution in [0.1, 0.15) is 26.7 Å². The number of nitrogens with one attached hydrogen (secondary N) is 1. The molecule has 0 aromatic rings. The molecule has 2 aliphatic rings. The fraction of sp³-hybridized carbons (Fsp3) is 1.00. The summed E-state index contributed by atoms with van der Waals surface area (Å²) in [4.78, 5) is 0. The fourth-order valence-electron chi connectivity index (χ4n) is 2.16. The first kappa shape index (κ1) is 9.46. The van der Waals surface area contributed by atoms with Crippen molar-refractivity contribution in [3.8, 4) is 0 Å². The van der Waals surface area contributed by atoms with Crippen molar-refractivity contribution in [2.24, 2.45) is 5.92 Å². The van der Waals surface area contributed by atoms with Crippen molar-refractivity contribution in [1.29, 1.82) is 0 Å². The molecule has 1 aliphatic carbocycles. The van der Waals surface area contributed by atoms with E-state index in [1.807, 2.05) is 6.92 Å². The van der Waals surface area contributed by atoms with E-state index in [2.05, 4.69) is 5.32 Å². The molecular formula is C9H17NO2S. The number of hydrogen-bond acceptors (Lipinski definition) is 3. The van der Waals surface area contributed by atoms with Crippen LogP contribution >= 0.6 is 0 Å². The minimum absolute atomic E-state index is 0.191. The highest BCUT2D eigenvalue weighted by Gasteiger charge is 2.44. The normalized spacial score (nSPS) is 44.6. The molecule has 1 saturated carbocycles. The zero-order chi connectivity index (χ0) is 9.64. The smallest absolute Gasteiger partial charge is 0.158 e. The molecule has 0 spiro atoms. The first-order valence-corrected chi connectivity index (χ1v) is 6.60. The molecule has 3 atom stereocenters. The second-order valence-electron chi connectivity index (χ2n) is 4.38. The Morgan fingerprint density at radius 1 is 1.23 bits per heavy atom. The minimum atomic E-state index is -2.86.